The summed E-state index contributed by atoms with van der Waals surface area (Å²) < 4.78 is 5.21. The summed E-state index contributed by atoms with van der Waals surface area (Å²) in [4.78, 5) is 23.2. The molecule has 2 rings (SSSR count). The number of nitro benzene ring substituents is 1. The van der Waals surface area contributed by atoms with Crippen LogP contribution in [-0.4, -0.2) is 18.1 Å². The molecule has 0 bridgehead atoms. The molecule has 0 spiro atoms. The molecule has 0 atom stereocenters. The van der Waals surface area contributed by atoms with Crippen molar-refractivity contribution in [1.82, 2.24) is 0 Å². The fourth-order valence-corrected chi connectivity index (χ4v) is 1.85. The summed E-state index contributed by atoms with van der Waals surface area (Å²) in [6.07, 6.45) is -0.462. The molecule has 6 nitrogen and oxygen atoms in total. The number of cyclic esters (lactones) is 1. The van der Waals surface area contributed by atoms with Crippen LogP contribution in [0.25, 0.3) is 0 Å². The first kappa shape index (κ1) is 11.4. The first-order valence-corrected chi connectivity index (χ1v) is 5.08. The SMILES string of the molecule is CN1C(=O)OC(C)(C)c2cc([N+](=O)[O-])ccc21. The van der Waals surface area contributed by atoms with Gasteiger partial charge in [0.25, 0.3) is 5.69 Å². The summed E-state index contributed by atoms with van der Waals surface area (Å²) >= 11 is 0. The van der Waals surface area contributed by atoms with Crippen LogP contribution in [-0.2, 0) is 10.3 Å². The van der Waals surface area contributed by atoms with Crippen LogP contribution in [0.4, 0.5) is 16.2 Å². The fourth-order valence-electron chi connectivity index (χ4n) is 1.85. The predicted octanol–water partition coefficient (Wildman–Crippen LogP) is 2.42. The van der Waals surface area contributed by atoms with E-state index in [1.807, 2.05) is 0 Å². The average Bonchev–Trinajstić information content (AvgIpc) is 2.25. The molecule has 1 heterocycles. The Hall–Kier alpha value is -2.11. The quantitative estimate of drug-likeness (QED) is 0.554. The number of hydrogen-bond acceptors (Lipinski definition) is 4. The Kier molecular flexibility index (Phi) is 2.30. The molecule has 0 radical (unpaired) electrons. The summed E-state index contributed by atoms with van der Waals surface area (Å²) in [6.45, 7) is 3.42. The maximum absolute atomic E-state index is 11.6. The number of non-ortho nitro benzene ring substituents is 1. The molecule has 0 N–H and O–H groups in total. The van der Waals surface area contributed by atoms with Gasteiger partial charge in [-0.1, -0.05) is 0 Å². The third-order valence-corrected chi connectivity index (χ3v) is 2.82. The van der Waals surface area contributed by atoms with Crippen LogP contribution in [0.15, 0.2) is 18.2 Å². The molecule has 0 aromatic heterocycles. The minimum atomic E-state index is -0.856. The lowest BCUT2D eigenvalue weighted by Gasteiger charge is -2.36. The van der Waals surface area contributed by atoms with Gasteiger partial charge in [-0.05, 0) is 19.9 Å². The van der Waals surface area contributed by atoms with Gasteiger partial charge >= 0.3 is 6.09 Å². The second-order valence-electron chi connectivity index (χ2n) is 4.40. The number of carbonyl (C=O) groups excluding carboxylic acids is 1. The topological polar surface area (TPSA) is 72.7 Å². The average molecular weight is 236 g/mol. The summed E-state index contributed by atoms with van der Waals surface area (Å²) in [5.74, 6) is 0. The van der Waals surface area contributed by atoms with E-state index in [-0.39, 0.29) is 5.69 Å². The van der Waals surface area contributed by atoms with Crippen LogP contribution in [0.2, 0.25) is 0 Å². The van der Waals surface area contributed by atoms with Crippen LogP contribution in [0, 0.1) is 10.1 Å². The largest absolute Gasteiger partial charge is 0.438 e. The van der Waals surface area contributed by atoms with Crippen LogP contribution >= 0.6 is 0 Å². The number of rotatable bonds is 1. The van der Waals surface area contributed by atoms with Crippen LogP contribution < -0.4 is 4.90 Å². The van der Waals surface area contributed by atoms with E-state index in [4.69, 9.17) is 4.74 Å². The fraction of sp³-hybridized carbons (Fsp3) is 0.364. The van der Waals surface area contributed by atoms with Gasteiger partial charge in [-0.3, -0.25) is 15.0 Å². The van der Waals surface area contributed by atoms with E-state index in [1.54, 1.807) is 27.0 Å². The summed E-state index contributed by atoms with van der Waals surface area (Å²) in [6, 6.07) is 4.39. The first-order chi connectivity index (χ1) is 7.83. The molecule has 90 valence electrons. The Morgan fingerprint density at radius 2 is 2.06 bits per heavy atom. The third-order valence-electron chi connectivity index (χ3n) is 2.82. The van der Waals surface area contributed by atoms with Crippen molar-refractivity contribution in [2.24, 2.45) is 0 Å². The zero-order valence-electron chi connectivity index (χ0n) is 9.76. The molecular weight excluding hydrogens is 224 g/mol. The van der Waals surface area contributed by atoms with Crippen LogP contribution in [0.3, 0.4) is 0 Å². The highest BCUT2D eigenvalue weighted by molar-refractivity contribution is 5.91. The molecule has 17 heavy (non-hydrogen) atoms. The van der Waals surface area contributed by atoms with E-state index in [1.165, 1.54) is 17.0 Å². The smallest absolute Gasteiger partial charge is 0.414 e. The number of anilines is 1. The lowest BCUT2D eigenvalue weighted by Crippen LogP contribution is -2.41. The number of nitro groups is 1. The molecule has 1 aromatic carbocycles. The van der Waals surface area contributed by atoms with E-state index >= 15 is 0 Å². The molecular formula is C11H12N2O4. The van der Waals surface area contributed by atoms with Crippen molar-refractivity contribution in [2.75, 3.05) is 11.9 Å². The van der Waals surface area contributed by atoms with Gasteiger partial charge in [-0.25, -0.2) is 4.79 Å². The first-order valence-electron chi connectivity index (χ1n) is 5.08. The molecule has 0 aliphatic carbocycles. The summed E-state index contributed by atoms with van der Waals surface area (Å²) in [5, 5.41) is 10.7. The monoisotopic (exact) mass is 236 g/mol. The minimum absolute atomic E-state index is 0.0110. The number of carbonyl (C=O) groups is 1. The highest BCUT2D eigenvalue weighted by Gasteiger charge is 2.37. The Morgan fingerprint density at radius 1 is 1.41 bits per heavy atom. The predicted molar refractivity (Wildman–Crippen MR) is 61.0 cm³/mol. The number of ether oxygens (including phenoxy) is 1. The molecule has 1 aromatic rings. The zero-order valence-corrected chi connectivity index (χ0v) is 9.76. The Balaban J connectivity index is 2.63. The van der Waals surface area contributed by atoms with Crippen molar-refractivity contribution in [3.05, 3.63) is 33.9 Å². The van der Waals surface area contributed by atoms with Gasteiger partial charge in [0, 0.05) is 24.7 Å². The van der Waals surface area contributed by atoms with Crippen molar-refractivity contribution in [3.8, 4) is 0 Å². The summed E-state index contributed by atoms with van der Waals surface area (Å²) in [7, 11) is 1.57. The van der Waals surface area contributed by atoms with Crippen molar-refractivity contribution >= 4 is 17.5 Å². The van der Waals surface area contributed by atoms with E-state index in [9.17, 15) is 14.9 Å². The second kappa shape index (κ2) is 3.44. The number of amides is 1. The molecule has 0 saturated heterocycles. The molecule has 1 aliphatic rings. The number of hydrogen-bond donors (Lipinski definition) is 0. The number of fused-ring (bicyclic) bond motifs is 1. The second-order valence-corrected chi connectivity index (χ2v) is 4.40. The van der Waals surface area contributed by atoms with Gasteiger partial charge in [0.1, 0.15) is 5.60 Å². The molecule has 0 fully saturated rings. The van der Waals surface area contributed by atoms with E-state index < -0.39 is 16.6 Å². The van der Waals surface area contributed by atoms with Crippen molar-refractivity contribution in [2.45, 2.75) is 19.4 Å². The van der Waals surface area contributed by atoms with Crippen molar-refractivity contribution < 1.29 is 14.5 Å². The zero-order chi connectivity index (χ0) is 12.8. The van der Waals surface area contributed by atoms with Gasteiger partial charge in [0.2, 0.25) is 0 Å². The van der Waals surface area contributed by atoms with Gasteiger partial charge in [0.05, 0.1) is 10.6 Å². The minimum Gasteiger partial charge on any atom is -0.438 e. The van der Waals surface area contributed by atoms with E-state index in [0.29, 0.717) is 11.3 Å². The molecule has 1 amide bonds. The lowest BCUT2D eigenvalue weighted by molar-refractivity contribution is -0.385. The normalized spacial score (nSPS) is 17.4. The molecule has 6 heteroatoms. The van der Waals surface area contributed by atoms with Gasteiger partial charge in [-0.15, -0.1) is 0 Å². The maximum Gasteiger partial charge on any atom is 0.414 e. The van der Waals surface area contributed by atoms with Crippen molar-refractivity contribution in [1.29, 1.82) is 0 Å². The summed E-state index contributed by atoms with van der Waals surface area (Å²) in [5.41, 5.74) is 0.402. The lowest BCUT2D eigenvalue weighted by atomic mass is 9.94. The standard InChI is InChI=1S/C11H12N2O4/c1-11(2)8-6-7(13(15)16)4-5-9(8)12(3)10(14)17-11/h4-6H,1-3H3. The van der Waals surface area contributed by atoms with Crippen LogP contribution in [0.5, 0.6) is 0 Å². The Labute approximate surface area is 97.9 Å². The van der Waals surface area contributed by atoms with E-state index in [0.717, 1.165) is 0 Å². The van der Waals surface area contributed by atoms with E-state index in [2.05, 4.69) is 0 Å². The highest BCUT2D eigenvalue weighted by atomic mass is 16.6. The van der Waals surface area contributed by atoms with Crippen molar-refractivity contribution in [3.63, 3.8) is 0 Å². The Bertz CT molecular complexity index is 510. The maximum atomic E-state index is 11.6. The highest BCUT2D eigenvalue weighted by Crippen LogP contribution is 2.39. The third kappa shape index (κ3) is 1.71. The molecule has 0 unspecified atom stereocenters. The number of benzene rings is 1. The van der Waals surface area contributed by atoms with Crippen LogP contribution in [0.1, 0.15) is 19.4 Å². The molecule has 1 aliphatic heterocycles. The molecule has 0 saturated carbocycles. The Morgan fingerprint density at radius 3 is 2.65 bits per heavy atom. The number of nitrogens with zero attached hydrogens (tertiary/aromatic N) is 2. The van der Waals surface area contributed by atoms with Gasteiger partial charge in [-0.2, -0.15) is 0 Å². The van der Waals surface area contributed by atoms with Gasteiger partial charge < -0.3 is 4.74 Å². The van der Waals surface area contributed by atoms with Gasteiger partial charge in [0.15, 0.2) is 0 Å².